The molecular formula is C30H34N3+. The van der Waals surface area contributed by atoms with Gasteiger partial charge in [0.15, 0.2) is 0 Å². The molecule has 3 aromatic rings. The van der Waals surface area contributed by atoms with Crippen molar-refractivity contribution >= 4 is 17.2 Å². The molecule has 0 radical (unpaired) electrons. The molecule has 33 heavy (non-hydrogen) atoms. The number of anilines is 1. The summed E-state index contributed by atoms with van der Waals surface area (Å²) in [5.74, 6) is 1.10. The van der Waals surface area contributed by atoms with Gasteiger partial charge in [0.1, 0.15) is 11.9 Å². The Balaban J connectivity index is 1.64. The number of hydrogen-bond donors (Lipinski definition) is 0. The van der Waals surface area contributed by atoms with E-state index in [2.05, 4.69) is 117 Å². The molecule has 0 bridgehead atoms. The van der Waals surface area contributed by atoms with Gasteiger partial charge in [0.25, 0.3) is 0 Å². The first-order chi connectivity index (χ1) is 15.9. The number of para-hydroxylation sites is 1. The van der Waals surface area contributed by atoms with Crippen molar-refractivity contribution < 1.29 is 4.58 Å². The molecule has 1 unspecified atom stereocenters. The van der Waals surface area contributed by atoms with Crippen molar-refractivity contribution in [2.45, 2.75) is 51.4 Å². The Kier molecular flexibility index (Phi) is 5.23. The summed E-state index contributed by atoms with van der Waals surface area (Å²) < 4.78 is 2.40. The highest BCUT2D eigenvalue weighted by atomic mass is 15.2. The number of aryl methyl sites for hydroxylation is 1. The third kappa shape index (κ3) is 3.33. The van der Waals surface area contributed by atoms with Crippen molar-refractivity contribution in [2.24, 2.45) is 0 Å². The number of aromatic nitrogens is 1. The monoisotopic (exact) mass is 436 g/mol. The lowest BCUT2D eigenvalue weighted by molar-refractivity contribution is -0.437. The average molecular weight is 437 g/mol. The smallest absolute Gasteiger partial charge is 0.327 e. The maximum Gasteiger partial charge on any atom is 0.327 e. The van der Waals surface area contributed by atoms with Crippen molar-refractivity contribution in [3.05, 3.63) is 101 Å². The second kappa shape index (κ2) is 7.98. The van der Waals surface area contributed by atoms with E-state index >= 15 is 0 Å². The number of benzene rings is 2. The first-order valence-corrected chi connectivity index (χ1v) is 12.1. The van der Waals surface area contributed by atoms with Crippen molar-refractivity contribution in [2.75, 3.05) is 18.5 Å². The van der Waals surface area contributed by atoms with Crippen LogP contribution in [0.25, 0.3) is 0 Å². The van der Waals surface area contributed by atoms with Crippen LogP contribution in [-0.2, 0) is 17.3 Å². The summed E-state index contributed by atoms with van der Waals surface area (Å²) in [6, 6.07) is 24.1. The third-order valence-electron chi connectivity index (χ3n) is 7.78. The summed E-state index contributed by atoms with van der Waals surface area (Å²) in [7, 11) is 2.22. The van der Waals surface area contributed by atoms with Gasteiger partial charge in [-0.15, -0.1) is 0 Å². The zero-order valence-electron chi connectivity index (χ0n) is 20.5. The molecule has 0 spiro atoms. The molecule has 0 N–H and O–H groups in total. The quantitative estimate of drug-likeness (QED) is 0.431. The van der Waals surface area contributed by atoms with E-state index in [-0.39, 0.29) is 10.8 Å². The molecule has 1 aromatic heterocycles. The Bertz CT molecular complexity index is 1250. The van der Waals surface area contributed by atoms with E-state index in [0.717, 1.165) is 25.2 Å². The van der Waals surface area contributed by atoms with Crippen molar-refractivity contribution in [1.82, 2.24) is 4.98 Å². The van der Waals surface area contributed by atoms with E-state index in [1.807, 2.05) is 6.20 Å². The van der Waals surface area contributed by atoms with Crippen LogP contribution in [0.1, 0.15) is 50.8 Å². The molecule has 0 saturated heterocycles. The molecule has 2 aliphatic heterocycles. The predicted octanol–water partition coefficient (Wildman–Crippen LogP) is 6.40. The number of nitrogens with zero attached hydrogens (tertiary/aromatic N) is 3. The molecular weight excluding hydrogens is 402 g/mol. The maximum absolute atomic E-state index is 4.77. The molecule has 2 aliphatic rings. The zero-order chi connectivity index (χ0) is 23.2. The molecule has 2 aromatic carbocycles. The Labute approximate surface area is 198 Å². The zero-order valence-corrected chi connectivity index (χ0v) is 20.5. The lowest BCUT2D eigenvalue weighted by Crippen LogP contribution is -2.33. The van der Waals surface area contributed by atoms with Crippen LogP contribution in [0.4, 0.5) is 11.5 Å². The second-order valence-electron chi connectivity index (χ2n) is 10.1. The topological polar surface area (TPSA) is 19.1 Å². The van der Waals surface area contributed by atoms with Gasteiger partial charge in [-0.3, -0.25) is 0 Å². The predicted molar refractivity (Wildman–Crippen MR) is 138 cm³/mol. The van der Waals surface area contributed by atoms with Crippen molar-refractivity contribution in [3.8, 4) is 0 Å². The first-order valence-electron chi connectivity index (χ1n) is 12.1. The molecule has 3 heterocycles. The summed E-state index contributed by atoms with van der Waals surface area (Å²) >= 11 is 0. The SMILES string of the molecule is CC[N+]1=C(C=C2N(C)c3ccccc3C2(C)CCc2ccccc2)C(C)(C)c2cccnc21. The summed E-state index contributed by atoms with van der Waals surface area (Å²) in [5, 5.41) is 0. The highest BCUT2D eigenvalue weighted by Gasteiger charge is 2.47. The van der Waals surface area contributed by atoms with Gasteiger partial charge >= 0.3 is 5.82 Å². The Morgan fingerprint density at radius 2 is 1.61 bits per heavy atom. The van der Waals surface area contributed by atoms with Crippen LogP contribution in [-0.4, -0.2) is 28.9 Å². The van der Waals surface area contributed by atoms with Gasteiger partial charge in [0, 0.05) is 29.9 Å². The van der Waals surface area contributed by atoms with Crippen LogP contribution in [0.15, 0.2) is 84.7 Å². The third-order valence-corrected chi connectivity index (χ3v) is 7.78. The van der Waals surface area contributed by atoms with Crippen molar-refractivity contribution in [3.63, 3.8) is 0 Å². The number of rotatable bonds is 5. The number of fused-ring (bicyclic) bond motifs is 2. The van der Waals surface area contributed by atoms with E-state index in [1.165, 1.54) is 33.8 Å². The van der Waals surface area contributed by atoms with E-state index < -0.39 is 0 Å². The number of pyridine rings is 1. The maximum atomic E-state index is 4.77. The van der Waals surface area contributed by atoms with Gasteiger partial charge in [0.05, 0.1) is 17.5 Å². The van der Waals surface area contributed by atoms with Crippen LogP contribution in [0.2, 0.25) is 0 Å². The number of likely N-dealkylation sites (N-methyl/N-ethyl adjacent to an activating group) is 1. The first kappa shape index (κ1) is 21.6. The molecule has 0 aliphatic carbocycles. The molecule has 1 atom stereocenters. The van der Waals surface area contributed by atoms with Gasteiger partial charge in [-0.05, 0) is 74.8 Å². The summed E-state index contributed by atoms with van der Waals surface area (Å²) in [6.45, 7) is 10.2. The lowest BCUT2D eigenvalue weighted by Gasteiger charge is -2.30. The van der Waals surface area contributed by atoms with Gasteiger partial charge in [-0.1, -0.05) is 48.5 Å². The molecule has 0 saturated carbocycles. The summed E-state index contributed by atoms with van der Waals surface area (Å²) in [5.41, 5.74) is 7.98. The van der Waals surface area contributed by atoms with Gasteiger partial charge in [-0.2, -0.15) is 0 Å². The van der Waals surface area contributed by atoms with Gasteiger partial charge < -0.3 is 4.90 Å². The Morgan fingerprint density at radius 1 is 0.909 bits per heavy atom. The highest BCUT2D eigenvalue weighted by molar-refractivity contribution is 6.04. The number of hydrogen-bond acceptors (Lipinski definition) is 2. The van der Waals surface area contributed by atoms with Gasteiger partial charge in [-0.25, -0.2) is 4.58 Å². The standard InChI is InChI=1S/C30H34N3/c1-6-33-26(29(2,3)24-16-12-20-31-28(24)33)21-27-30(4,19-18-22-13-8-7-9-14-22)23-15-10-11-17-25(23)32(27)5/h7-17,20-21H,6,18-19H2,1-5H3/q+1. The summed E-state index contributed by atoms with van der Waals surface area (Å²) in [6.07, 6.45) is 6.50. The molecule has 3 heteroatoms. The van der Waals surface area contributed by atoms with Crippen LogP contribution >= 0.6 is 0 Å². The van der Waals surface area contributed by atoms with Crippen LogP contribution < -0.4 is 4.90 Å². The van der Waals surface area contributed by atoms with Gasteiger partial charge in [0.2, 0.25) is 0 Å². The van der Waals surface area contributed by atoms with E-state index in [0.29, 0.717) is 0 Å². The molecule has 0 amide bonds. The van der Waals surface area contributed by atoms with Crippen molar-refractivity contribution in [1.29, 1.82) is 0 Å². The molecule has 0 fully saturated rings. The largest absolute Gasteiger partial charge is 0.347 e. The highest BCUT2D eigenvalue weighted by Crippen LogP contribution is 2.50. The minimum atomic E-state index is -0.0947. The van der Waals surface area contributed by atoms with Crippen LogP contribution in [0.5, 0.6) is 0 Å². The fraction of sp³-hybridized carbons (Fsp3) is 0.333. The van der Waals surface area contributed by atoms with E-state index in [4.69, 9.17) is 4.98 Å². The summed E-state index contributed by atoms with van der Waals surface area (Å²) in [4.78, 5) is 7.18. The van der Waals surface area contributed by atoms with Crippen LogP contribution in [0, 0.1) is 0 Å². The normalized spacial score (nSPS) is 22.1. The van der Waals surface area contributed by atoms with Crippen LogP contribution in [0.3, 0.4) is 0 Å². The fourth-order valence-corrected chi connectivity index (χ4v) is 5.83. The number of allylic oxidation sites excluding steroid dienone is 2. The molecule has 168 valence electrons. The lowest BCUT2D eigenvalue weighted by atomic mass is 9.75. The van der Waals surface area contributed by atoms with E-state index in [1.54, 1.807) is 0 Å². The second-order valence-corrected chi connectivity index (χ2v) is 10.1. The Hall–Kier alpha value is -3.20. The fourth-order valence-electron chi connectivity index (χ4n) is 5.83. The Morgan fingerprint density at radius 3 is 2.36 bits per heavy atom. The average Bonchev–Trinajstić information content (AvgIpc) is 3.19. The van der Waals surface area contributed by atoms with E-state index in [9.17, 15) is 0 Å². The molecule has 3 nitrogen and oxygen atoms in total. The minimum Gasteiger partial charge on any atom is -0.347 e. The molecule has 5 rings (SSSR count). The minimum absolute atomic E-state index is 0.0636.